The second-order valence-corrected chi connectivity index (χ2v) is 6.80. The van der Waals surface area contributed by atoms with Crippen LogP contribution in [0.5, 0.6) is 0 Å². The predicted molar refractivity (Wildman–Crippen MR) is 87.1 cm³/mol. The maximum Gasteiger partial charge on any atom is 0.130 e. The minimum Gasteiger partial charge on any atom is -0.379 e. The molecule has 0 amide bonds. The highest BCUT2D eigenvalue weighted by Crippen LogP contribution is 2.37. The Bertz CT molecular complexity index is 614. The number of halogens is 2. The first-order chi connectivity index (χ1) is 9.69. The Morgan fingerprint density at radius 3 is 2.85 bits per heavy atom. The summed E-state index contributed by atoms with van der Waals surface area (Å²) in [5, 5.41) is 4.79. The standard InChI is InChI=1S/C14H17Cl2N3S/c1-2-8-4-3-5-9(6-8)17-12-10(15)7-11(16)13-14(12)19-20-18-13/h7-9,17H,2-6H2,1H3. The number of rotatable bonds is 3. The first-order valence-electron chi connectivity index (χ1n) is 7.05. The third kappa shape index (κ3) is 2.74. The van der Waals surface area contributed by atoms with Gasteiger partial charge in [-0.15, -0.1) is 0 Å². The molecule has 1 fully saturated rings. The normalized spacial score (nSPS) is 23.1. The summed E-state index contributed by atoms with van der Waals surface area (Å²) in [5.74, 6) is 0.816. The smallest absolute Gasteiger partial charge is 0.130 e. The summed E-state index contributed by atoms with van der Waals surface area (Å²) in [7, 11) is 0. The number of hydrogen-bond acceptors (Lipinski definition) is 4. The topological polar surface area (TPSA) is 37.8 Å². The second kappa shape index (κ2) is 6.04. The van der Waals surface area contributed by atoms with Gasteiger partial charge in [0.2, 0.25) is 0 Å². The summed E-state index contributed by atoms with van der Waals surface area (Å²) >= 11 is 13.7. The zero-order chi connectivity index (χ0) is 14.1. The van der Waals surface area contributed by atoms with Gasteiger partial charge in [-0.3, -0.25) is 0 Å². The average Bonchev–Trinajstić information content (AvgIpc) is 2.93. The molecule has 0 radical (unpaired) electrons. The molecule has 1 aromatic heterocycles. The lowest BCUT2D eigenvalue weighted by molar-refractivity contribution is 0.327. The van der Waals surface area contributed by atoms with Crippen LogP contribution in [-0.4, -0.2) is 14.8 Å². The number of aromatic nitrogens is 2. The van der Waals surface area contributed by atoms with Crippen molar-refractivity contribution in [1.29, 1.82) is 0 Å². The summed E-state index contributed by atoms with van der Waals surface area (Å²) in [5.41, 5.74) is 2.43. The van der Waals surface area contributed by atoms with Gasteiger partial charge >= 0.3 is 0 Å². The fourth-order valence-corrected chi connectivity index (χ4v) is 4.18. The lowest BCUT2D eigenvalue weighted by atomic mass is 9.84. The van der Waals surface area contributed by atoms with Crippen LogP contribution in [0.2, 0.25) is 10.0 Å². The van der Waals surface area contributed by atoms with Gasteiger partial charge in [0.1, 0.15) is 11.0 Å². The van der Waals surface area contributed by atoms with E-state index < -0.39 is 0 Å². The molecule has 1 aliphatic rings. The van der Waals surface area contributed by atoms with E-state index in [-0.39, 0.29) is 0 Å². The predicted octanol–water partition coefficient (Wildman–Crippen LogP) is 5.38. The molecule has 20 heavy (non-hydrogen) atoms. The lowest BCUT2D eigenvalue weighted by Gasteiger charge is -2.30. The lowest BCUT2D eigenvalue weighted by Crippen LogP contribution is -2.27. The van der Waals surface area contributed by atoms with Gasteiger partial charge in [0, 0.05) is 6.04 Å². The van der Waals surface area contributed by atoms with Gasteiger partial charge in [-0.2, -0.15) is 8.75 Å². The molecule has 2 atom stereocenters. The third-order valence-corrected chi connectivity index (χ3v) is 5.27. The summed E-state index contributed by atoms with van der Waals surface area (Å²) < 4.78 is 8.59. The molecule has 0 aliphatic heterocycles. The van der Waals surface area contributed by atoms with Gasteiger partial charge in [-0.05, 0) is 24.8 Å². The van der Waals surface area contributed by atoms with Crippen molar-refractivity contribution in [1.82, 2.24) is 8.75 Å². The molecule has 2 unspecified atom stereocenters. The van der Waals surface area contributed by atoms with E-state index in [1.807, 2.05) is 0 Å². The van der Waals surface area contributed by atoms with E-state index in [1.165, 1.54) is 43.8 Å². The number of fused-ring (bicyclic) bond motifs is 1. The number of hydrogen-bond donors (Lipinski definition) is 1. The number of benzene rings is 1. The molecule has 1 aliphatic carbocycles. The molecule has 3 nitrogen and oxygen atoms in total. The van der Waals surface area contributed by atoms with Gasteiger partial charge in [0.25, 0.3) is 0 Å². The Kier molecular flexibility index (Phi) is 4.34. The highest BCUT2D eigenvalue weighted by Gasteiger charge is 2.23. The van der Waals surface area contributed by atoms with Crippen LogP contribution in [0, 0.1) is 5.92 Å². The number of nitrogens with zero attached hydrogens (tertiary/aromatic N) is 2. The van der Waals surface area contributed by atoms with E-state index in [1.54, 1.807) is 6.07 Å². The highest BCUT2D eigenvalue weighted by atomic mass is 35.5. The van der Waals surface area contributed by atoms with Crippen molar-refractivity contribution in [2.75, 3.05) is 5.32 Å². The number of anilines is 1. The van der Waals surface area contributed by atoms with Crippen LogP contribution in [0.1, 0.15) is 39.0 Å². The fraction of sp³-hybridized carbons (Fsp3) is 0.571. The highest BCUT2D eigenvalue weighted by molar-refractivity contribution is 7.00. The van der Waals surface area contributed by atoms with Crippen LogP contribution in [-0.2, 0) is 0 Å². The zero-order valence-corrected chi connectivity index (χ0v) is 13.7. The Morgan fingerprint density at radius 2 is 2.05 bits per heavy atom. The van der Waals surface area contributed by atoms with Crippen LogP contribution in [0.15, 0.2) is 6.07 Å². The molecule has 1 N–H and O–H groups in total. The van der Waals surface area contributed by atoms with Crippen LogP contribution < -0.4 is 5.32 Å². The molecular formula is C14H17Cl2N3S. The average molecular weight is 330 g/mol. The number of nitrogens with one attached hydrogen (secondary N) is 1. The molecule has 1 aromatic carbocycles. The minimum absolute atomic E-state index is 0.470. The van der Waals surface area contributed by atoms with E-state index in [9.17, 15) is 0 Å². The Balaban J connectivity index is 1.89. The maximum absolute atomic E-state index is 6.34. The van der Waals surface area contributed by atoms with E-state index in [0.717, 1.165) is 22.6 Å². The van der Waals surface area contributed by atoms with Crippen molar-refractivity contribution in [2.24, 2.45) is 5.92 Å². The van der Waals surface area contributed by atoms with Crippen LogP contribution in [0.25, 0.3) is 11.0 Å². The fourth-order valence-electron chi connectivity index (χ4n) is 3.01. The molecule has 1 saturated carbocycles. The van der Waals surface area contributed by atoms with Crippen LogP contribution in [0.3, 0.4) is 0 Å². The molecule has 0 spiro atoms. The summed E-state index contributed by atoms with van der Waals surface area (Å²) in [4.78, 5) is 0. The van der Waals surface area contributed by atoms with Gasteiger partial charge in [-0.1, -0.05) is 49.4 Å². The first-order valence-corrected chi connectivity index (χ1v) is 8.54. The van der Waals surface area contributed by atoms with Gasteiger partial charge < -0.3 is 5.32 Å². The quantitative estimate of drug-likeness (QED) is 0.821. The first kappa shape index (κ1) is 14.4. The SMILES string of the molecule is CCC1CCCC(Nc2c(Cl)cc(Cl)c3nsnc23)C1. The van der Waals surface area contributed by atoms with Crippen molar-refractivity contribution >= 4 is 51.7 Å². The molecule has 0 bridgehead atoms. The Morgan fingerprint density at radius 1 is 1.25 bits per heavy atom. The van der Waals surface area contributed by atoms with E-state index in [2.05, 4.69) is 21.0 Å². The van der Waals surface area contributed by atoms with Crippen LogP contribution >= 0.6 is 34.9 Å². The molecule has 6 heteroatoms. The molecule has 3 rings (SSSR count). The van der Waals surface area contributed by atoms with E-state index in [4.69, 9.17) is 23.2 Å². The van der Waals surface area contributed by atoms with Crippen molar-refractivity contribution < 1.29 is 0 Å². The molecule has 108 valence electrons. The Hall–Kier alpha value is -0.580. The third-order valence-electron chi connectivity index (χ3n) is 4.15. The van der Waals surface area contributed by atoms with Crippen molar-refractivity contribution in [3.8, 4) is 0 Å². The van der Waals surface area contributed by atoms with E-state index in [0.29, 0.717) is 16.1 Å². The summed E-state index contributed by atoms with van der Waals surface area (Å²) in [6.45, 7) is 2.27. The van der Waals surface area contributed by atoms with Crippen molar-refractivity contribution in [3.63, 3.8) is 0 Å². The van der Waals surface area contributed by atoms with Gasteiger partial charge in [0.05, 0.1) is 27.5 Å². The largest absolute Gasteiger partial charge is 0.379 e. The van der Waals surface area contributed by atoms with Crippen molar-refractivity contribution in [2.45, 2.75) is 45.1 Å². The zero-order valence-electron chi connectivity index (χ0n) is 11.3. The molecule has 2 aromatic rings. The van der Waals surface area contributed by atoms with E-state index >= 15 is 0 Å². The van der Waals surface area contributed by atoms with Gasteiger partial charge in [0.15, 0.2) is 0 Å². The second-order valence-electron chi connectivity index (χ2n) is 5.46. The molecular weight excluding hydrogens is 313 g/mol. The minimum atomic E-state index is 0.470. The molecule has 0 saturated heterocycles. The maximum atomic E-state index is 6.34. The summed E-state index contributed by atoms with van der Waals surface area (Å²) in [6.07, 6.45) is 6.26. The monoisotopic (exact) mass is 329 g/mol. The Labute approximate surface area is 133 Å². The van der Waals surface area contributed by atoms with Crippen LogP contribution in [0.4, 0.5) is 5.69 Å². The van der Waals surface area contributed by atoms with Crippen molar-refractivity contribution in [3.05, 3.63) is 16.1 Å². The molecule has 1 heterocycles. The van der Waals surface area contributed by atoms with Gasteiger partial charge in [-0.25, -0.2) is 0 Å². The summed E-state index contributed by atoms with van der Waals surface area (Å²) in [6, 6.07) is 2.23.